The van der Waals surface area contributed by atoms with E-state index >= 15 is 0 Å². The topological polar surface area (TPSA) is 84.9 Å². The van der Waals surface area contributed by atoms with E-state index in [4.69, 9.17) is 9.47 Å². The molecule has 1 aromatic carbocycles. The maximum atomic E-state index is 12.7. The van der Waals surface area contributed by atoms with Crippen molar-refractivity contribution in [3.05, 3.63) is 41.3 Å². The Morgan fingerprint density at radius 1 is 1.27 bits per heavy atom. The molecule has 0 saturated carbocycles. The second kappa shape index (κ2) is 6.90. The predicted molar refractivity (Wildman–Crippen MR) is 96.1 cm³/mol. The van der Waals surface area contributed by atoms with E-state index < -0.39 is 10.0 Å². The number of thiophene rings is 1. The summed E-state index contributed by atoms with van der Waals surface area (Å²) in [7, 11) is -3.50. The Morgan fingerprint density at radius 3 is 2.92 bits per heavy atom. The number of ether oxygens (including phenoxy) is 2. The van der Waals surface area contributed by atoms with Gasteiger partial charge >= 0.3 is 0 Å². The lowest BCUT2D eigenvalue weighted by Crippen LogP contribution is -2.42. The highest BCUT2D eigenvalue weighted by molar-refractivity contribution is 7.91. The number of hydrogen-bond acceptors (Lipinski definition) is 6. The van der Waals surface area contributed by atoms with E-state index in [0.29, 0.717) is 27.8 Å². The number of amides is 1. The molecular weight excluding hydrogens is 376 g/mol. The van der Waals surface area contributed by atoms with Gasteiger partial charge in [-0.25, -0.2) is 8.42 Å². The number of fused-ring (bicyclic) bond motifs is 1. The van der Waals surface area contributed by atoms with Crippen molar-refractivity contribution in [3.8, 4) is 11.5 Å². The fourth-order valence-electron chi connectivity index (χ4n) is 3.21. The van der Waals surface area contributed by atoms with Gasteiger partial charge in [0.25, 0.3) is 15.9 Å². The molecule has 9 heteroatoms. The van der Waals surface area contributed by atoms with Gasteiger partial charge in [-0.1, -0.05) is 6.07 Å². The predicted octanol–water partition coefficient (Wildman–Crippen LogP) is 2.06. The molecule has 0 bridgehead atoms. The van der Waals surface area contributed by atoms with Crippen LogP contribution in [0.4, 0.5) is 0 Å². The first-order chi connectivity index (χ1) is 12.6. The van der Waals surface area contributed by atoms with Gasteiger partial charge in [0.05, 0.1) is 0 Å². The standard InChI is InChI=1S/C17H18N2O5S2/c20-17(12-5-6-14-15(9-12)24-11-23-14)18-10-13-3-1-7-19(13)26(21,22)16-4-2-8-25-16/h2,4-6,8-9,13H,1,3,7,10-11H2,(H,18,20)/t13-/m0/s1. The Balaban J connectivity index is 1.43. The monoisotopic (exact) mass is 394 g/mol. The molecule has 3 heterocycles. The van der Waals surface area contributed by atoms with E-state index in [1.807, 2.05) is 0 Å². The van der Waals surface area contributed by atoms with Gasteiger partial charge in [0.1, 0.15) is 4.21 Å². The summed E-state index contributed by atoms with van der Waals surface area (Å²) < 4.78 is 37.8. The van der Waals surface area contributed by atoms with Gasteiger partial charge in [-0.2, -0.15) is 4.31 Å². The summed E-state index contributed by atoms with van der Waals surface area (Å²) in [5, 5.41) is 4.59. The Morgan fingerprint density at radius 2 is 2.12 bits per heavy atom. The third kappa shape index (κ3) is 3.17. The van der Waals surface area contributed by atoms with Crippen LogP contribution in [0.3, 0.4) is 0 Å². The third-order valence-electron chi connectivity index (χ3n) is 4.51. The van der Waals surface area contributed by atoms with Crippen molar-refractivity contribution in [2.75, 3.05) is 19.9 Å². The van der Waals surface area contributed by atoms with Crippen LogP contribution in [0.2, 0.25) is 0 Å². The fraction of sp³-hybridized carbons (Fsp3) is 0.353. The third-order valence-corrected chi connectivity index (χ3v) is 7.84. The van der Waals surface area contributed by atoms with E-state index in [0.717, 1.165) is 12.8 Å². The Labute approximate surface area is 155 Å². The lowest BCUT2D eigenvalue weighted by Gasteiger charge is -2.23. The van der Waals surface area contributed by atoms with Crippen LogP contribution in [0.25, 0.3) is 0 Å². The van der Waals surface area contributed by atoms with Crippen LogP contribution in [0.15, 0.2) is 39.9 Å². The van der Waals surface area contributed by atoms with Gasteiger partial charge in [-0.05, 0) is 42.5 Å². The van der Waals surface area contributed by atoms with Crippen LogP contribution in [0.5, 0.6) is 11.5 Å². The minimum Gasteiger partial charge on any atom is -0.454 e. The maximum Gasteiger partial charge on any atom is 0.252 e. The molecule has 26 heavy (non-hydrogen) atoms. The van der Waals surface area contributed by atoms with Gasteiger partial charge in [0.2, 0.25) is 6.79 Å². The summed E-state index contributed by atoms with van der Waals surface area (Å²) in [5.41, 5.74) is 0.458. The molecule has 2 aliphatic rings. The van der Waals surface area contributed by atoms with Crippen LogP contribution in [0.1, 0.15) is 23.2 Å². The van der Waals surface area contributed by atoms with Crippen LogP contribution < -0.4 is 14.8 Å². The molecule has 2 aliphatic heterocycles. The maximum absolute atomic E-state index is 12.7. The first-order valence-electron chi connectivity index (χ1n) is 8.29. The largest absolute Gasteiger partial charge is 0.454 e. The highest BCUT2D eigenvalue weighted by Gasteiger charge is 2.36. The minimum atomic E-state index is -3.50. The number of nitrogens with zero attached hydrogens (tertiary/aromatic N) is 1. The van der Waals surface area contributed by atoms with Crippen molar-refractivity contribution in [2.45, 2.75) is 23.1 Å². The number of hydrogen-bond donors (Lipinski definition) is 1. The van der Waals surface area contributed by atoms with Crippen LogP contribution >= 0.6 is 11.3 Å². The van der Waals surface area contributed by atoms with E-state index in [1.54, 1.807) is 35.7 Å². The number of nitrogens with one attached hydrogen (secondary N) is 1. The number of carbonyl (C=O) groups excluding carboxylic acids is 1. The summed E-state index contributed by atoms with van der Waals surface area (Å²) >= 11 is 1.21. The number of benzene rings is 1. The van der Waals surface area contributed by atoms with Crippen molar-refractivity contribution < 1.29 is 22.7 Å². The average molecular weight is 394 g/mol. The molecule has 2 aromatic rings. The summed E-state index contributed by atoms with van der Waals surface area (Å²) in [4.78, 5) is 12.4. The van der Waals surface area contributed by atoms with Gasteiger partial charge in [0, 0.05) is 24.7 Å². The van der Waals surface area contributed by atoms with Crippen LogP contribution in [0, 0.1) is 0 Å². The summed E-state index contributed by atoms with van der Waals surface area (Å²) in [6.45, 7) is 0.903. The first kappa shape index (κ1) is 17.3. The highest BCUT2D eigenvalue weighted by atomic mass is 32.2. The number of sulfonamides is 1. The molecule has 0 radical (unpaired) electrons. The molecule has 1 fully saturated rings. The van der Waals surface area contributed by atoms with E-state index in [1.165, 1.54) is 15.6 Å². The van der Waals surface area contributed by atoms with Gasteiger partial charge in [-0.3, -0.25) is 4.79 Å². The zero-order valence-electron chi connectivity index (χ0n) is 13.9. The normalized spacial score (nSPS) is 19.6. The van der Waals surface area contributed by atoms with Gasteiger partial charge < -0.3 is 14.8 Å². The van der Waals surface area contributed by atoms with Crippen molar-refractivity contribution in [2.24, 2.45) is 0 Å². The van der Waals surface area contributed by atoms with Gasteiger partial charge in [-0.15, -0.1) is 11.3 Å². The minimum absolute atomic E-state index is 0.151. The molecule has 0 aliphatic carbocycles. The summed E-state index contributed by atoms with van der Waals surface area (Å²) in [5.74, 6) is 0.898. The van der Waals surface area contributed by atoms with Crippen molar-refractivity contribution in [3.63, 3.8) is 0 Å². The van der Waals surface area contributed by atoms with Gasteiger partial charge in [0.15, 0.2) is 11.5 Å². The first-order valence-corrected chi connectivity index (χ1v) is 10.6. The molecule has 138 valence electrons. The van der Waals surface area contributed by atoms with Crippen LogP contribution in [-0.4, -0.2) is 44.6 Å². The smallest absolute Gasteiger partial charge is 0.252 e. The van der Waals surface area contributed by atoms with E-state index in [9.17, 15) is 13.2 Å². The Hall–Kier alpha value is -2.10. The lowest BCUT2D eigenvalue weighted by molar-refractivity contribution is 0.0946. The molecule has 1 atom stereocenters. The van der Waals surface area contributed by atoms with E-state index in [-0.39, 0.29) is 25.3 Å². The fourth-order valence-corrected chi connectivity index (χ4v) is 6.02. The molecule has 1 N–H and O–H groups in total. The molecule has 0 unspecified atom stereocenters. The number of rotatable bonds is 5. The summed E-state index contributed by atoms with van der Waals surface area (Å²) in [6, 6.07) is 8.09. The Bertz CT molecular complexity index is 911. The molecule has 1 saturated heterocycles. The zero-order valence-corrected chi connectivity index (χ0v) is 15.5. The second-order valence-corrected chi connectivity index (χ2v) is 9.19. The molecule has 0 spiro atoms. The van der Waals surface area contributed by atoms with Crippen molar-refractivity contribution >= 4 is 27.3 Å². The van der Waals surface area contributed by atoms with Crippen LogP contribution in [-0.2, 0) is 10.0 Å². The van der Waals surface area contributed by atoms with Crippen molar-refractivity contribution in [1.29, 1.82) is 0 Å². The SMILES string of the molecule is O=C(NC[C@@H]1CCCN1S(=O)(=O)c1cccs1)c1ccc2c(c1)OCO2. The highest BCUT2D eigenvalue weighted by Crippen LogP contribution is 2.32. The molecule has 1 aromatic heterocycles. The molecule has 1 amide bonds. The Kier molecular flexibility index (Phi) is 4.60. The molecule has 4 rings (SSSR count). The molecular formula is C17H18N2O5S2. The lowest BCUT2D eigenvalue weighted by atomic mass is 10.1. The van der Waals surface area contributed by atoms with E-state index in [2.05, 4.69) is 5.32 Å². The summed E-state index contributed by atoms with van der Waals surface area (Å²) in [6.07, 6.45) is 1.52. The van der Waals surface area contributed by atoms with Crippen molar-refractivity contribution in [1.82, 2.24) is 9.62 Å². The molecule has 7 nitrogen and oxygen atoms in total. The number of carbonyl (C=O) groups is 1. The quantitative estimate of drug-likeness (QED) is 0.839. The average Bonchev–Trinajstić information content (AvgIpc) is 3.40. The second-order valence-electron chi connectivity index (χ2n) is 6.12. The zero-order chi connectivity index (χ0) is 18.1.